The topological polar surface area (TPSA) is 78.7 Å². The van der Waals surface area contributed by atoms with Gasteiger partial charge in [-0.25, -0.2) is 9.18 Å². The Morgan fingerprint density at radius 3 is 2.63 bits per heavy atom. The van der Waals surface area contributed by atoms with Gasteiger partial charge in [-0.1, -0.05) is 6.92 Å². The molecule has 104 valence electrons. The van der Waals surface area contributed by atoms with Gasteiger partial charge in [0.2, 0.25) is 0 Å². The van der Waals surface area contributed by atoms with Crippen molar-refractivity contribution in [3.8, 4) is 5.75 Å². The molecule has 0 aliphatic heterocycles. The van der Waals surface area contributed by atoms with Crippen LogP contribution in [0.5, 0.6) is 5.75 Å². The van der Waals surface area contributed by atoms with Crippen molar-refractivity contribution in [2.75, 3.05) is 7.11 Å². The second kappa shape index (κ2) is 6.12. The second-order valence-corrected chi connectivity index (χ2v) is 3.89. The summed E-state index contributed by atoms with van der Waals surface area (Å²) in [6, 6.07) is 1.65. The maximum absolute atomic E-state index is 13.6. The van der Waals surface area contributed by atoms with Gasteiger partial charge in [0.05, 0.1) is 29.8 Å². The van der Waals surface area contributed by atoms with Crippen molar-refractivity contribution >= 4 is 11.7 Å². The molecule has 1 rings (SSSR count). The first-order valence-corrected chi connectivity index (χ1v) is 5.63. The molecule has 0 aliphatic carbocycles. The number of methoxy groups -OCH3 is 1. The second-order valence-electron chi connectivity index (χ2n) is 3.89. The summed E-state index contributed by atoms with van der Waals surface area (Å²) >= 11 is 0. The van der Waals surface area contributed by atoms with Gasteiger partial charge in [-0.05, 0) is 13.3 Å². The average molecular weight is 271 g/mol. The summed E-state index contributed by atoms with van der Waals surface area (Å²) in [6.07, 6.45) is 0.317. The fraction of sp³-hybridized carbons (Fsp3) is 0.417. The molecule has 1 aromatic rings. The zero-order valence-electron chi connectivity index (χ0n) is 10.8. The molecule has 19 heavy (non-hydrogen) atoms. The molecule has 0 amide bonds. The first kappa shape index (κ1) is 14.9. The van der Waals surface area contributed by atoms with Crippen LogP contribution in [0.25, 0.3) is 0 Å². The highest BCUT2D eigenvalue weighted by Crippen LogP contribution is 2.31. The SMILES string of the molecule is CCC(C)Oc1cc(C(=O)OC)c(F)cc1[N+](=O)[O-]. The Bertz CT molecular complexity index is 503. The van der Waals surface area contributed by atoms with Crippen molar-refractivity contribution in [1.82, 2.24) is 0 Å². The number of hydrogen-bond acceptors (Lipinski definition) is 5. The number of rotatable bonds is 5. The Morgan fingerprint density at radius 2 is 2.16 bits per heavy atom. The van der Waals surface area contributed by atoms with Crippen LogP contribution in [0.2, 0.25) is 0 Å². The van der Waals surface area contributed by atoms with Gasteiger partial charge >= 0.3 is 11.7 Å². The number of esters is 1. The molecule has 0 radical (unpaired) electrons. The van der Waals surface area contributed by atoms with Crippen LogP contribution in [-0.2, 0) is 4.74 Å². The summed E-state index contributed by atoms with van der Waals surface area (Å²) in [6.45, 7) is 3.55. The van der Waals surface area contributed by atoms with Gasteiger partial charge in [-0.2, -0.15) is 0 Å². The van der Waals surface area contributed by atoms with E-state index in [1.165, 1.54) is 0 Å². The molecule has 1 unspecified atom stereocenters. The van der Waals surface area contributed by atoms with Crippen LogP contribution in [-0.4, -0.2) is 24.1 Å². The van der Waals surface area contributed by atoms with E-state index in [0.717, 1.165) is 13.2 Å². The van der Waals surface area contributed by atoms with Crippen LogP contribution in [0.15, 0.2) is 12.1 Å². The maximum atomic E-state index is 13.6. The first-order valence-electron chi connectivity index (χ1n) is 5.63. The number of nitro groups is 1. The molecule has 6 nitrogen and oxygen atoms in total. The molecular formula is C12H14FNO5. The predicted octanol–water partition coefficient (Wildman–Crippen LogP) is 2.70. The average Bonchev–Trinajstić information content (AvgIpc) is 2.38. The van der Waals surface area contributed by atoms with Crippen molar-refractivity contribution in [2.24, 2.45) is 0 Å². The van der Waals surface area contributed by atoms with E-state index in [1.54, 1.807) is 6.92 Å². The van der Waals surface area contributed by atoms with Gasteiger partial charge in [0.1, 0.15) is 5.82 Å². The number of carbonyl (C=O) groups is 1. The van der Waals surface area contributed by atoms with E-state index in [4.69, 9.17) is 4.74 Å². The minimum absolute atomic E-state index is 0.152. The van der Waals surface area contributed by atoms with Crippen molar-refractivity contribution in [1.29, 1.82) is 0 Å². The Kier molecular flexibility index (Phi) is 4.80. The molecule has 1 aromatic carbocycles. The van der Waals surface area contributed by atoms with E-state index in [2.05, 4.69) is 4.74 Å². The van der Waals surface area contributed by atoms with Gasteiger partial charge in [-0.15, -0.1) is 0 Å². The largest absolute Gasteiger partial charge is 0.484 e. The minimum atomic E-state index is -1.02. The van der Waals surface area contributed by atoms with Crippen molar-refractivity contribution in [3.63, 3.8) is 0 Å². The number of benzene rings is 1. The Labute approximate surface area is 109 Å². The fourth-order valence-electron chi connectivity index (χ4n) is 1.35. The van der Waals surface area contributed by atoms with Crippen molar-refractivity contribution in [3.05, 3.63) is 33.6 Å². The molecule has 1 atom stereocenters. The quantitative estimate of drug-likeness (QED) is 0.467. The molecule has 0 aliphatic rings. The van der Waals surface area contributed by atoms with E-state index in [0.29, 0.717) is 12.5 Å². The lowest BCUT2D eigenvalue weighted by atomic mass is 10.1. The van der Waals surface area contributed by atoms with Crippen LogP contribution in [0.4, 0.5) is 10.1 Å². The Hall–Kier alpha value is -2.18. The molecule has 0 saturated heterocycles. The van der Waals surface area contributed by atoms with Gasteiger partial charge in [0.15, 0.2) is 5.75 Å². The summed E-state index contributed by atoms with van der Waals surface area (Å²) < 4.78 is 23.3. The van der Waals surface area contributed by atoms with E-state index in [-0.39, 0.29) is 11.9 Å². The third-order valence-corrected chi connectivity index (χ3v) is 2.55. The number of nitrogens with zero attached hydrogens (tertiary/aromatic N) is 1. The Morgan fingerprint density at radius 1 is 1.53 bits per heavy atom. The number of nitro benzene ring substituents is 1. The third kappa shape index (κ3) is 3.40. The Balaban J connectivity index is 3.31. The lowest BCUT2D eigenvalue weighted by molar-refractivity contribution is -0.386. The predicted molar refractivity (Wildman–Crippen MR) is 64.8 cm³/mol. The molecule has 7 heteroatoms. The highest BCUT2D eigenvalue weighted by molar-refractivity contribution is 5.90. The summed E-state index contributed by atoms with van der Waals surface area (Å²) in [5.41, 5.74) is -0.920. The first-order chi connectivity index (χ1) is 8.90. The molecule has 0 N–H and O–H groups in total. The molecule has 0 aromatic heterocycles. The smallest absolute Gasteiger partial charge is 0.340 e. The lowest BCUT2D eigenvalue weighted by Gasteiger charge is -2.13. The summed E-state index contributed by atoms with van der Waals surface area (Å²) in [5, 5.41) is 10.8. The molecule has 0 bridgehead atoms. The van der Waals surface area contributed by atoms with Crippen molar-refractivity contribution in [2.45, 2.75) is 26.4 Å². The van der Waals surface area contributed by atoms with Crippen molar-refractivity contribution < 1.29 is 23.6 Å². The molecular weight excluding hydrogens is 257 g/mol. The van der Waals surface area contributed by atoms with Gasteiger partial charge < -0.3 is 9.47 Å². The summed E-state index contributed by atoms with van der Waals surface area (Å²) in [5.74, 6) is -2.09. The zero-order valence-corrected chi connectivity index (χ0v) is 10.8. The third-order valence-electron chi connectivity index (χ3n) is 2.55. The number of carbonyl (C=O) groups excluding carboxylic acids is 1. The van der Waals surface area contributed by atoms with E-state index >= 15 is 0 Å². The van der Waals surface area contributed by atoms with Crippen LogP contribution >= 0.6 is 0 Å². The van der Waals surface area contributed by atoms with E-state index in [1.807, 2.05) is 6.92 Å². The number of ether oxygens (including phenoxy) is 2. The normalized spacial score (nSPS) is 11.8. The zero-order chi connectivity index (χ0) is 14.6. The van der Waals surface area contributed by atoms with Crippen LogP contribution in [0, 0.1) is 15.9 Å². The standard InChI is InChI=1S/C12H14FNO5/c1-4-7(2)19-11-5-8(12(15)18-3)9(13)6-10(11)14(16)17/h5-7H,4H2,1-3H3. The minimum Gasteiger partial charge on any atom is -0.484 e. The number of hydrogen-bond donors (Lipinski definition) is 0. The summed E-state index contributed by atoms with van der Waals surface area (Å²) in [7, 11) is 1.10. The monoisotopic (exact) mass is 271 g/mol. The molecule has 0 spiro atoms. The molecule has 0 heterocycles. The maximum Gasteiger partial charge on any atom is 0.340 e. The lowest BCUT2D eigenvalue weighted by Crippen LogP contribution is -2.13. The molecule has 0 fully saturated rings. The van der Waals surface area contributed by atoms with Crippen LogP contribution < -0.4 is 4.74 Å². The number of halogens is 1. The fourth-order valence-corrected chi connectivity index (χ4v) is 1.35. The van der Waals surface area contributed by atoms with E-state index in [9.17, 15) is 19.3 Å². The van der Waals surface area contributed by atoms with E-state index < -0.39 is 28.0 Å². The van der Waals surface area contributed by atoms with Gasteiger partial charge in [0.25, 0.3) is 0 Å². The highest BCUT2D eigenvalue weighted by atomic mass is 19.1. The van der Waals surface area contributed by atoms with Crippen LogP contribution in [0.1, 0.15) is 30.6 Å². The highest BCUT2D eigenvalue weighted by Gasteiger charge is 2.24. The van der Waals surface area contributed by atoms with Crippen LogP contribution in [0.3, 0.4) is 0 Å². The summed E-state index contributed by atoms with van der Waals surface area (Å²) in [4.78, 5) is 21.4. The molecule has 0 saturated carbocycles. The van der Waals surface area contributed by atoms with Gasteiger partial charge in [-0.3, -0.25) is 10.1 Å². The van der Waals surface area contributed by atoms with Gasteiger partial charge in [0, 0.05) is 6.07 Å².